The van der Waals surface area contributed by atoms with Gasteiger partial charge in [-0.1, -0.05) is 0 Å². The lowest BCUT2D eigenvalue weighted by molar-refractivity contribution is 0.0690. The van der Waals surface area contributed by atoms with Gasteiger partial charge in [0.05, 0.1) is 6.26 Å². The molecule has 0 unspecified atom stereocenters. The molecule has 2 heterocycles. The molecule has 0 aliphatic heterocycles. The third kappa shape index (κ3) is 1.78. The number of carboxylic acids is 1. The zero-order chi connectivity index (χ0) is 10.8. The molecular weight excluding hydrogens is 200 g/mol. The fourth-order valence-corrected chi connectivity index (χ4v) is 1.10. The van der Waals surface area contributed by atoms with Crippen LogP contribution in [-0.4, -0.2) is 21.0 Å². The number of hydrogen-bond acceptors (Lipinski definition) is 4. The first-order valence-electron chi connectivity index (χ1n) is 4.05. The monoisotopic (exact) mass is 206 g/mol. The maximum Gasteiger partial charge on any atom is 0.354 e. The highest BCUT2D eigenvalue weighted by molar-refractivity contribution is 5.85. The van der Waals surface area contributed by atoms with E-state index in [1.165, 1.54) is 6.26 Å². The number of rotatable bonds is 2. The Morgan fingerprint density at radius 3 is 2.93 bits per heavy atom. The van der Waals surface area contributed by atoms with Gasteiger partial charge in [-0.25, -0.2) is 9.78 Å². The number of aromatic nitrogens is 2. The summed E-state index contributed by atoms with van der Waals surface area (Å²) in [5.74, 6) is -0.839. The molecule has 0 aliphatic carbocycles. The summed E-state index contributed by atoms with van der Waals surface area (Å²) in [5, 5.41) is 8.69. The Kier molecular flexibility index (Phi) is 2.09. The molecule has 2 N–H and O–H groups in total. The van der Waals surface area contributed by atoms with Gasteiger partial charge in [0.1, 0.15) is 0 Å². The van der Waals surface area contributed by atoms with Crippen molar-refractivity contribution in [2.75, 3.05) is 0 Å². The van der Waals surface area contributed by atoms with E-state index in [9.17, 15) is 9.59 Å². The lowest BCUT2D eigenvalue weighted by Crippen LogP contribution is -2.13. The second kappa shape index (κ2) is 3.41. The Balaban J connectivity index is 2.59. The van der Waals surface area contributed by atoms with Crippen LogP contribution >= 0.6 is 0 Å². The van der Waals surface area contributed by atoms with Crippen molar-refractivity contribution in [2.45, 2.75) is 0 Å². The smallest absolute Gasteiger partial charge is 0.354 e. The molecule has 2 aromatic heterocycles. The van der Waals surface area contributed by atoms with Gasteiger partial charge in [0, 0.05) is 6.07 Å². The number of carboxylic acid groups (broad SMARTS) is 1. The number of aromatic carboxylic acids is 1. The van der Waals surface area contributed by atoms with Crippen LogP contribution in [0.4, 0.5) is 0 Å². The normalized spacial score (nSPS) is 10.1. The zero-order valence-electron chi connectivity index (χ0n) is 7.43. The van der Waals surface area contributed by atoms with E-state index in [4.69, 9.17) is 9.52 Å². The van der Waals surface area contributed by atoms with Crippen LogP contribution in [0.2, 0.25) is 0 Å². The number of H-pyrrole nitrogens is 1. The van der Waals surface area contributed by atoms with Gasteiger partial charge in [-0.3, -0.25) is 4.79 Å². The van der Waals surface area contributed by atoms with Crippen LogP contribution in [0.1, 0.15) is 10.5 Å². The van der Waals surface area contributed by atoms with E-state index in [-0.39, 0.29) is 11.5 Å². The lowest BCUT2D eigenvalue weighted by Gasteiger charge is -1.97. The van der Waals surface area contributed by atoms with Crippen LogP contribution in [0.25, 0.3) is 11.6 Å². The molecule has 15 heavy (non-hydrogen) atoms. The molecule has 0 radical (unpaired) electrons. The second-order valence-electron chi connectivity index (χ2n) is 2.76. The molecular formula is C9H6N2O4. The van der Waals surface area contributed by atoms with Crippen molar-refractivity contribution in [2.24, 2.45) is 0 Å². The number of carbonyl (C=O) groups is 1. The molecule has 0 bridgehead atoms. The van der Waals surface area contributed by atoms with E-state index in [2.05, 4.69) is 9.97 Å². The van der Waals surface area contributed by atoms with E-state index in [1.807, 2.05) is 0 Å². The molecule has 0 atom stereocenters. The van der Waals surface area contributed by atoms with Crippen molar-refractivity contribution in [3.63, 3.8) is 0 Å². The average molecular weight is 206 g/mol. The zero-order valence-corrected chi connectivity index (χ0v) is 7.43. The van der Waals surface area contributed by atoms with E-state index in [0.29, 0.717) is 5.76 Å². The van der Waals surface area contributed by atoms with Crippen LogP contribution < -0.4 is 5.56 Å². The second-order valence-corrected chi connectivity index (χ2v) is 2.76. The summed E-state index contributed by atoms with van der Waals surface area (Å²) >= 11 is 0. The predicted molar refractivity (Wildman–Crippen MR) is 49.5 cm³/mol. The molecule has 0 saturated carbocycles. The minimum Gasteiger partial charge on any atom is -0.477 e. The highest BCUT2D eigenvalue weighted by atomic mass is 16.4. The number of aromatic amines is 1. The maximum atomic E-state index is 11.1. The summed E-state index contributed by atoms with van der Waals surface area (Å²) in [6, 6.07) is 4.10. The molecule has 0 amide bonds. The highest BCUT2D eigenvalue weighted by Crippen LogP contribution is 2.13. The Morgan fingerprint density at radius 2 is 2.33 bits per heavy atom. The summed E-state index contributed by atoms with van der Waals surface area (Å²) in [6.45, 7) is 0. The maximum absolute atomic E-state index is 11.1. The van der Waals surface area contributed by atoms with Gasteiger partial charge in [0.2, 0.25) is 0 Å². The van der Waals surface area contributed by atoms with Gasteiger partial charge in [0.25, 0.3) is 5.56 Å². The molecule has 2 aromatic rings. The van der Waals surface area contributed by atoms with E-state index in [0.717, 1.165) is 6.07 Å². The third-order valence-electron chi connectivity index (χ3n) is 1.72. The summed E-state index contributed by atoms with van der Waals surface area (Å²) in [5.41, 5.74) is -0.848. The fourth-order valence-electron chi connectivity index (χ4n) is 1.10. The van der Waals surface area contributed by atoms with Gasteiger partial charge in [-0.15, -0.1) is 0 Å². The van der Waals surface area contributed by atoms with Crippen LogP contribution in [0, 0.1) is 0 Å². The van der Waals surface area contributed by atoms with Crippen LogP contribution in [0.5, 0.6) is 0 Å². The lowest BCUT2D eigenvalue weighted by atomic mass is 10.3. The van der Waals surface area contributed by atoms with E-state index in [1.54, 1.807) is 12.1 Å². The van der Waals surface area contributed by atoms with Gasteiger partial charge in [0.15, 0.2) is 17.3 Å². The molecule has 0 saturated heterocycles. The Hall–Kier alpha value is -2.37. The van der Waals surface area contributed by atoms with Gasteiger partial charge in [-0.2, -0.15) is 0 Å². The fraction of sp³-hybridized carbons (Fsp3) is 0. The van der Waals surface area contributed by atoms with Gasteiger partial charge in [-0.05, 0) is 12.1 Å². The minimum absolute atomic E-state index is 0.102. The quantitative estimate of drug-likeness (QED) is 0.754. The van der Waals surface area contributed by atoms with E-state index >= 15 is 0 Å². The van der Waals surface area contributed by atoms with Crippen molar-refractivity contribution < 1.29 is 14.3 Å². The number of nitrogens with one attached hydrogen (secondary N) is 1. The minimum atomic E-state index is -1.26. The van der Waals surface area contributed by atoms with Crippen molar-refractivity contribution in [1.82, 2.24) is 9.97 Å². The van der Waals surface area contributed by atoms with Gasteiger partial charge < -0.3 is 14.5 Å². The Bertz CT molecular complexity index is 541. The van der Waals surface area contributed by atoms with Crippen molar-refractivity contribution in [1.29, 1.82) is 0 Å². The summed E-state index contributed by atoms with van der Waals surface area (Å²) in [6.07, 6.45) is 1.41. The number of furan rings is 1. The van der Waals surface area contributed by atoms with Crippen LogP contribution in [0.3, 0.4) is 0 Å². The highest BCUT2D eigenvalue weighted by Gasteiger charge is 2.10. The topological polar surface area (TPSA) is 96.2 Å². The molecule has 0 fully saturated rings. The Morgan fingerprint density at radius 1 is 1.53 bits per heavy atom. The molecule has 0 aromatic carbocycles. The molecule has 76 valence electrons. The third-order valence-corrected chi connectivity index (χ3v) is 1.72. The van der Waals surface area contributed by atoms with Crippen LogP contribution in [-0.2, 0) is 0 Å². The first-order valence-corrected chi connectivity index (χ1v) is 4.05. The summed E-state index contributed by atoms with van der Waals surface area (Å²) in [4.78, 5) is 27.8. The van der Waals surface area contributed by atoms with Crippen molar-refractivity contribution in [3.8, 4) is 11.6 Å². The molecule has 0 spiro atoms. The molecule has 0 aliphatic rings. The van der Waals surface area contributed by atoms with Crippen LogP contribution in [0.15, 0.2) is 33.7 Å². The predicted octanol–water partition coefficient (Wildman–Crippen LogP) is 0.728. The van der Waals surface area contributed by atoms with Crippen molar-refractivity contribution >= 4 is 5.97 Å². The largest absolute Gasteiger partial charge is 0.477 e. The first-order chi connectivity index (χ1) is 7.16. The average Bonchev–Trinajstić information content (AvgIpc) is 2.69. The molecule has 6 heteroatoms. The van der Waals surface area contributed by atoms with E-state index < -0.39 is 11.5 Å². The first kappa shape index (κ1) is 9.20. The number of nitrogens with zero attached hydrogens (tertiary/aromatic N) is 1. The standard InChI is InChI=1S/C9H6N2O4/c12-7-4-5(9(13)14)10-8(11-7)6-2-1-3-15-6/h1-4H,(H,13,14)(H,10,11,12). The van der Waals surface area contributed by atoms with Gasteiger partial charge >= 0.3 is 5.97 Å². The molecule has 2 rings (SSSR count). The summed E-state index contributed by atoms with van der Waals surface area (Å²) in [7, 11) is 0. The summed E-state index contributed by atoms with van der Waals surface area (Å²) < 4.78 is 4.98. The number of hydrogen-bond donors (Lipinski definition) is 2. The molecule has 6 nitrogen and oxygen atoms in total. The Labute approximate surface area is 83.2 Å². The SMILES string of the molecule is O=C(O)c1cc(=O)[nH]c(-c2ccco2)n1. The van der Waals surface area contributed by atoms with Crippen molar-refractivity contribution in [3.05, 3.63) is 40.5 Å².